The molecule has 1 aromatic carbocycles. The van der Waals surface area contributed by atoms with E-state index in [4.69, 9.17) is 10.4 Å². The fraction of sp³-hybridized carbons (Fsp3) is 0.500. The van der Waals surface area contributed by atoms with E-state index in [0.29, 0.717) is 12.1 Å². The molecule has 0 bridgehead atoms. The average molecular weight is 309 g/mol. The largest absolute Gasteiger partial charge is 0.395 e. The summed E-state index contributed by atoms with van der Waals surface area (Å²) < 4.78 is 26.5. The highest BCUT2D eigenvalue weighted by Crippen LogP contribution is 2.18. The molecule has 1 heterocycles. The lowest BCUT2D eigenvalue weighted by Gasteiger charge is -2.24. The molecule has 1 atom stereocenters. The topological polar surface area (TPSA) is 93.4 Å². The molecule has 2 rings (SSSR count). The Hall–Kier alpha value is -1.46. The van der Waals surface area contributed by atoms with Gasteiger partial charge in [0.15, 0.2) is 0 Å². The maximum absolute atomic E-state index is 12.6. The molecule has 1 aromatic rings. The first kappa shape index (κ1) is 15.9. The first-order valence-corrected chi connectivity index (χ1v) is 8.36. The van der Waals surface area contributed by atoms with Crippen molar-refractivity contribution in [2.24, 2.45) is 0 Å². The SMILES string of the molecule is N#Cc1ccc(S(=O)(=O)N(CCO)CC2CCCN2)cc1. The van der Waals surface area contributed by atoms with E-state index in [0.717, 1.165) is 19.4 Å². The maximum Gasteiger partial charge on any atom is 0.243 e. The van der Waals surface area contributed by atoms with Gasteiger partial charge in [-0.15, -0.1) is 0 Å². The van der Waals surface area contributed by atoms with Crippen LogP contribution in [0.5, 0.6) is 0 Å². The number of benzene rings is 1. The highest BCUT2D eigenvalue weighted by atomic mass is 32.2. The number of nitrogens with zero attached hydrogens (tertiary/aromatic N) is 2. The van der Waals surface area contributed by atoms with E-state index >= 15 is 0 Å². The van der Waals surface area contributed by atoms with Gasteiger partial charge in [0.25, 0.3) is 0 Å². The molecule has 1 fully saturated rings. The summed E-state index contributed by atoms with van der Waals surface area (Å²) in [6.45, 7) is 1.10. The molecule has 0 aliphatic carbocycles. The van der Waals surface area contributed by atoms with Crippen LogP contribution in [0, 0.1) is 11.3 Å². The van der Waals surface area contributed by atoms with Gasteiger partial charge in [0, 0.05) is 19.1 Å². The van der Waals surface area contributed by atoms with Gasteiger partial charge in [0.05, 0.1) is 23.1 Å². The second kappa shape index (κ2) is 7.00. The fourth-order valence-corrected chi connectivity index (χ4v) is 3.91. The van der Waals surface area contributed by atoms with Crippen LogP contribution in [0.15, 0.2) is 29.2 Å². The minimum absolute atomic E-state index is 0.0700. The van der Waals surface area contributed by atoms with E-state index in [9.17, 15) is 8.42 Å². The van der Waals surface area contributed by atoms with Gasteiger partial charge in [0.2, 0.25) is 10.0 Å². The zero-order valence-electron chi connectivity index (χ0n) is 11.7. The lowest BCUT2D eigenvalue weighted by Crippen LogP contribution is -2.42. The molecule has 1 unspecified atom stereocenters. The van der Waals surface area contributed by atoms with Gasteiger partial charge in [-0.25, -0.2) is 8.42 Å². The third-order valence-corrected chi connectivity index (χ3v) is 5.44. The van der Waals surface area contributed by atoms with E-state index in [-0.39, 0.29) is 24.1 Å². The minimum Gasteiger partial charge on any atom is -0.395 e. The van der Waals surface area contributed by atoms with Gasteiger partial charge < -0.3 is 10.4 Å². The summed E-state index contributed by atoms with van der Waals surface area (Å²) in [7, 11) is -3.65. The molecule has 7 heteroatoms. The number of aliphatic hydroxyl groups is 1. The lowest BCUT2D eigenvalue weighted by atomic mass is 10.2. The normalized spacial score (nSPS) is 18.8. The zero-order chi connectivity index (χ0) is 15.3. The van der Waals surface area contributed by atoms with Crippen molar-refractivity contribution in [2.45, 2.75) is 23.8 Å². The summed E-state index contributed by atoms with van der Waals surface area (Å²) >= 11 is 0. The van der Waals surface area contributed by atoms with Gasteiger partial charge in [-0.1, -0.05) is 0 Å². The summed E-state index contributed by atoms with van der Waals surface area (Å²) in [6.07, 6.45) is 1.97. The predicted molar refractivity (Wildman–Crippen MR) is 78.0 cm³/mol. The molecule has 0 amide bonds. The van der Waals surface area contributed by atoms with Crippen LogP contribution < -0.4 is 5.32 Å². The van der Waals surface area contributed by atoms with Crippen LogP contribution in [-0.4, -0.2) is 50.1 Å². The molecular weight excluding hydrogens is 290 g/mol. The predicted octanol–water partition coefficient (Wildman–Crippen LogP) is 0.293. The zero-order valence-corrected chi connectivity index (χ0v) is 12.5. The Bertz CT molecular complexity index is 601. The molecule has 0 radical (unpaired) electrons. The van der Waals surface area contributed by atoms with E-state index in [1.54, 1.807) is 0 Å². The summed E-state index contributed by atoms with van der Waals surface area (Å²) in [4.78, 5) is 0.146. The van der Waals surface area contributed by atoms with Crippen LogP contribution in [0.1, 0.15) is 18.4 Å². The van der Waals surface area contributed by atoms with Crippen LogP contribution in [0.25, 0.3) is 0 Å². The van der Waals surface area contributed by atoms with Crippen molar-refractivity contribution >= 4 is 10.0 Å². The molecule has 0 saturated carbocycles. The molecule has 1 aliphatic heterocycles. The summed E-state index contributed by atoms with van der Waals surface area (Å²) in [5.41, 5.74) is 0.417. The highest BCUT2D eigenvalue weighted by molar-refractivity contribution is 7.89. The highest BCUT2D eigenvalue weighted by Gasteiger charge is 2.27. The van der Waals surface area contributed by atoms with Crippen molar-refractivity contribution in [1.29, 1.82) is 5.26 Å². The fourth-order valence-electron chi connectivity index (χ4n) is 2.43. The third kappa shape index (κ3) is 3.80. The molecule has 21 heavy (non-hydrogen) atoms. The number of hydrogen-bond acceptors (Lipinski definition) is 5. The number of rotatable bonds is 6. The van der Waals surface area contributed by atoms with E-state index in [2.05, 4.69) is 5.32 Å². The number of sulfonamides is 1. The Morgan fingerprint density at radius 1 is 1.38 bits per heavy atom. The molecule has 1 aliphatic rings. The second-order valence-corrected chi connectivity index (χ2v) is 6.95. The van der Waals surface area contributed by atoms with Gasteiger partial charge >= 0.3 is 0 Å². The summed E-state index contributed by atoms with van der Waals surface area (Å²) in [5, 5.41) is 21.2. The quantitative estimate of drug-likeness (QED) is 0.788. The van der Waals surface area contributed by atoms with Crippen LogP contribution in [-0.2, 0) is 10.0 Å². The number of nitrogens with one attached hydrogen (secondary N) is 1. The van der Waals surface area contributed by atoms with Gasteiger partial charge in [-0.05, 0) is 43.7 Å². The van der Waals surface area contributed by atoms with Crippen molar-refractivity contribution in [3.63, 3.8) is 0 Å². The van der Waals surface area contributed by atoms with Crippen molar-refractivity contribution < 1.29 is 13.5 Å². The first-order valence-electron chi connectivity index (χ1n) is 6.92. The van der Waals surface area contributed by atoms with Crippen LogP contribution >= 0.6 is 0 Å². The smallest absolute Gasteiger partial charge is 0.243 e. The molecule has 1 saturated heterocycles. The van der Waals surface area contributed by atoms with Gasteiger partial charge in [0.1, 0.15) is 0 Å². The summed E-state index contributed by atoms with van der Waals surface area (Å²) in [5.74, 6) is 0. The van der Waals surface area contributed by atoms with Crippen molar-refractivity contribution in [3.05, 3.63) is 29.8 Å². The lowest BCUT2D eigenvalue weighted by molar-refractivity contribution is 0.246. The third-order valence-electron chi connectivity index (χ3n) is 3.56. The van der Waals surface area contributed by atoms with Crippen molar-refractivity contribution in [2.75, 3.05) is 26.2 Å². The van der Waals surface area contributed by atoms with E-state index in [1.807, 2.05) is 6.07 Å². The Morgan fingerprint density at radius 2 is 2.10 bits per heavy atom. The summed E-state index contributed by atoms with van der Waals surface area (Å²) in [6, 6.07) is 7.92. The van der Waals surface area contributed by atoms with E-state index in [1.165, 1.54) is 28.6 Å². The number of aliphatic hydroxyl groups excluding tert-OH is 1. The number of nitriles is 1. The maximum atomic E-state index is 12.6. The number of hydrogen-bond donors (Lipinski definition) is 2. The van der Waals surface area contributed by atoms with Gasteiger partial charge in [-0.2, -0.15) is 9.57 Å². The molecular formula is C14H19N3O3S. The van der Waals surface area contributed by atoms with Crippen LogP contribution in [0.2, 0.25) is 0 Å². The Balaban J connectivity index is 2.21. The molecule has 2 N–H and O–H groups in total. The van der Waals surface area contributed by atoms with Crippen molar-refractivity contribution in [1.82, 2.24) is 9.62 Å². The second-order valence-electron chi connectivity index (χ2n) is 5.02. The average Bonchev–Trinajstić information content (AvgIpc) is 3.00. The molecule has 6 nitrogen and oxygen atoms in total. The van der Waals surface area contributed by atoms with Gasteiger partial charge in [-0.3, -0.25) is 0 Å². The Labute approximate surface area is 125 Å². The van der Waals surface area contributed by atoms with E-state index < -0.39 is 10.0 Å². The van der Waals surface area contributed by atoms with Crippen molar-refractivity contribution in [3.8, 4) is 6.07 Å². The Kier molecular flexibility index (Phi) is 5.31. The standard InChI is InChI=1S/C14H19N3O3S/c15-10-12-3-5-14(6-4-12)21(19,20)17(8-9-18)11-13-2-1-7-16-13/h3-6,13,16,18H,1-2,7-9,11H2. The molecule has 114 valence electrons. The minimum atomic E-state index is -3.65. The molecule has 0 spiro atoms. The molecule has 0 aromatic heterocycles. The van der Waals surface area contributed by atoms with Crippen LogP contribution in [0.4, 0.5) is 0 Å². The monoisotopic (exact) mass is 309 g/mol. The Morgan fingerprint density at radius 3 is 2.62 bits per heavy atom. The van der Waals surface area contributed by atoms with Crippen LogP contribution in [0.3, 0.4) is 0 Å². The first-order chi connectivity index (χ1) is 10.1.